The van der Waals surface area contributed by atoms with Gasteiger partial charge in [0.15, 0.2) is 0 Å². The quantitative estimate of drug-likeness (QED) is 0.824. The van der Waals surface area contributed by atoms with Gasteiger partial charge < -0.3 is 10.0 Å². The van der Waals surface area contributed by atoms with E-state index in [9.17, 15) is 14.4 Å². The number of aromatic carboxylic acids is 1. The lowest BCUT2D eigenvalue weighted by atomic mass is 9.82. The molecule has 0 aromatic carbocycles. The van der Waals surface area contributed by atoms with Crippen molar-refractivity contribution in [3.05, 3.63) is 32.6 Å². The molecule has 2 atom stereocenters. The topological polar surface area (TPSA) is 95.4 Å². The number of carboxylic acid groups (broad SMARTS) is 1. The maximum atomic E-state index is 12.0. The lowest BCUT2D eigenvalue weighted by Gasteiger charge is -2.47. The molecule has 2 unspecified atom stereocenters. The van der Waals surface area contributed by atoms with E-state index in [1.165, 1.54) is 17.2 Å². The van der Waals surface area contributed by atoms with E-state index in [2.05, 4.69) is 16.9 Å². The van der Waals surface area contributed by atoms with E-state index in [1.807, 2.05) is 0 Å². The van der Waals surface area contributed by atoms with Gasteiger partial charge in [0.25, 0.3) is 5.56 Å². The van der Waals surface area contributed by atoms with Crippen LogP contribution in [0.25, 0.3) is 0 Å². The summed E-state index contributed by atoms with van der Waals surface area (Å²) >= 11 is 0. The number of carbonyl (C=O) groups is 1. The zero-order valence-corrected chi connectivity index (χ0v) is 11.9. The summed E-state index contributed by atoms with van der Waals surface area (Å²) in [7, 11) is 2.11. The molecule has 7 heteroatoms. The van der Waals surface area contributed by atoms with Crippen molar-refractivity contribution in [2.75, 3.05) is 7.05 Å². The van der Waals surface area contributed by atoms with Crippen molar-refractivity contribution in [2.24, 2.45) is 0 Å². The van der Waals surface area contributed by atoms with Crippen LogP contribution in [0.1, 0.15) is 48.5 Å². The number of nitrogens with one attached hydrogen (secondary N) is 1. The fourth-order valence-electron chi connectivity index (χ4n) is 3.72. The molecule has 0 radical (unpaired) electrons. The average molecular weight is 293 g/mol. The lowest BCUT2D eigenvalue weighted by Crippen LogP contribution is -2.51. The summed E-state index contributed by atoms with van der Waals surface area (Å²) in [5, 5.41) is 9.04. The Morgan fingerprint density at radius 2 is 1.86 bits per heavy atom. The minimum absolute atomic E-state index is 0.0426. The van der Waals surface area contributed by atoms with Gasteiger partial charge >= 0.3 is 11.7 Å². The van der Waals surface area contributed by atoms with Gasteiger partial charge in [-0.15, -0.1) is 0 Å². The van der Waals surface area contributed by atoms with E-state index in [0.717, 1.165) is 25.7 Å². The minimum atomic E-state index is -1.31. The highest BCUT2D eigenvalue weighted by Gasteiger charge is 2.37. The molecule has 2 aliphatic heterocycles. The predicted molar refractivity (Wildman–Crippen MR) is 75.7 cm³/mol. The Morgan fingerprint density at radius 3 is 2.43 bits per heavy atom. The van der Waals surface area contributed by atoms with Crippen LogP contribution < -0.4 is 11.2 Å². The zero-order valence-electron chi connectivity index (χ0n) is 11.9. The van der Waals surface area contributed by atoms with Gasteiger partial charge in [-0.25, -0.2) is 9.59 Å². The summed E-state index contributed by atoms with van der Waals surface area (Å²) in [5.74, 6) is -1.31. The van der Waals surface area contributed by atoms with Crippen LogP contribution in [-0.2, 0) is 0 Å². The standard InChI is InChI=1S/C14H19N3O4/c1-16-8-3-2-4-9(16)6-10(5-8)17-7-11(13(19)20)12(18)15-14(17)21/h7-10H,2-6H2,1H3,(H,19,20)(H,15,18,21). The number of aromatic amines is 1. The lowest BCUT2D eigenvalue weighted by molar-refractivity contribution is 0.0386. The van der Waals surface area contributed by atoms with Crippen LogP contribution in [0.15, 0.2) is 15.8 Å². The Morgan fingerprint density at radius 1 is 1.24 bits per heavy atom. The highest BCUT2D eigenvalue weighted by Crippen LogP contribution is 2.37. The van der Waals surface area contributed by atoms with E-state index in [-0.39, 0.29) is 11.6 Å². The molecule has 3 heterocycles. The molecule has 3 rings (SSSR count). The molecule has 1 aromatic rings. The summed E-state index contributed by atoms with van der Waals surface area (Å²) < 4.78 is 1.41. The Bertz CT molecular complexity index is 664. The van der Waals surface area contributed by atoms with Gasteiger partial charge in [0.1, 0.15) is 5.56 Å². The molecule has 0 saturated carbocycles. The summed E-state index contributed by atoms with van der Waals surface area (Å²) in [5.41, 5.74) is -1.73. The highest BCUT2D eigenvalue weighted by molar-refractivity contribution is 5.86. The van der Waals surface area contributed by atoms with Crippen LogP contribution in [0, 0.1) is 0 Å². The number of carboxylic acids is 1. The number of fused-ring (bicyclic) bond motifs is 2. The van der Waals surface area contributed by atoms with Crippen LogP contribution in [0.3, 0.4) is 0 Å². The summed E-state index contributed by atoms with van der Waals surface area (Å²) in [6, 6.07) is 0.808. The molecular weight excluding hydrogens is 274 g/mol. The van der Waals surface area contributed by atoms with Gasteiger partial charge in [-0.3, -0.25) is 14.3 Å². The van der Waals surface area contributed by atoms with Crippen LogP contribution in [0.2, 0.25) is 0 Å². The molecule has 0 amide bonds. The summed E-state index contributed by atoms with van der Waals surface area (Å²) in [4.78, 5) is 39.1. The van der Waals surface area contributed by atoms with Crippen molar-refractivity contribution >= 4 is 5.97 Å². The highest BCUT2D eigenvalue weighted by atomic mass is 16.4. The first-order chi connectivity index (χ1) is 9.97. The Kier molecular flexibility index (Phi) is 3.44. The van der Waals surface area contributed by atoms with Gasteiger partial charge in [-0.2, -0.15) is 0 Å². The first-order valence-electron chi connectivity index (χ1n) is 7.28. The third-order valence-electron chi connectivity index (χ3n) is 4.91. The Labute approximate surface area is 121 Å². The largest absolute Gasteiger partial charge is 0.477 e. The van der Waals surface area contributed by atoms with E-state index in [1.54, 1.807) is 0 Å². The van der Waals surface area contributed by atoms with Crippen molar-refractivity contribution < 1.29 is 9.90 Å². The maximum absolute atomic E-state index is 12.0. The normalized spacial score (nSPS) is 29.3. The number of hydrogen-bond donors (Lipinski definition) is 2. The Balaban J connectivity index is 1.98. The smallest absolute Gasteiger partial charge is 0.342 e. The third kappa shape index (κ3) is 2.42. The van der Waals surface area contributed by atoms with E-state index < -0.39 is 17.2 Å². The predicted octanol–water partition coefficient (Wildman–Crippen LogP) is 0.423. The minimum Gasteiger partial charge on any atom is -0.477 e. The van der Waals surface area contributed by atoms with Gasteiger partial charge in [0.2, 0.25) is 0 Å². The van der Waals surface area contributed by atoms with E-state index in [0.29, 0.717) is 12.1 Å². The molecule has 2 aliphatic rings. The monoisotopic (exact) mass is 293 g/mol. The summed E-state index contributed by atoms with van der Waals surface area (Å²) in [6.07, 6.45) is 6.25. The first-order valence-corrected chi connectivity index (χ1v) is 7.28. The number of rotatable bonds is 2. The SMILES string of the molecule is CN1C2CCCC1CC(n1cc(C(=O)O)c(=O)[nH]c1=O)C2. The molecule has 2 bridgehead atoms. The van der Waals surface area contributed by atoms with Crippen molar-refractivity contribution in [3.8, 4) is 0 Å². The molecule has 2 fully saturated rings. The Hall–Kier alpha value is -1.89. The van der Waals surface area contributed by atoms with Crippen molar-refractivity contribution in [1.29, 1.82) is 0 Å². The first kappa shape index (κ1) is 14.1. The number of aromatic nitrogens is 2. The molecule has 2 N–H and O–H groups in total. The number of nitrogens with zero attached hydrogens (tertiary/aromatic N) is 2. The van der Waals surface area contributed by atoms with E-state index >= 15 is 0 Å². The van der Waals surface area contributed by atoms with Gasteiger partial charge in [0.05, 0.1) is 0 Å². The fourth-order valence-corrected chi connectivity index (χ4v) is 3.72. The second kappa shape index (κ2) is 5.14. The number of piperidine rings is 2. The van der Waals surface area contributed by atoms with Crippen molar-refractivity contribution in [1.82, 2.24) is 14.5 Å². The molecule has 2 saturated heterocycles. The summed E-state index contributed by atoms with van der Waals surface area (Å²) in [6.45, 7) is 0. The molecular formula is C14H19N3O4. The second-order valence-corrected chi connectivity index (χ2v) is 6.04. The molecule has 0 spiro atoms. The van der Waals surface area contributed by atoms with Gasteiger partial charge in [-0.05, 0) is 32.7 Å². The molecule has 1 aromatic heterocycles. The van der Waals surface area contributed by atoms with Gasteiger partial charge in [-0.1, -0.05) is 6.42 Å². The fraction of sp³-hybridized carbons (Fsp3) is 0.643. The van der Waals surface area contributed by atoms with Crippen LogP contribution in [-0.4, -0.2) is 44.7 Å². The van der Waals surface area contributed by atoms with Crippen molar-refractivity contribution in [2.45, 2.75) is 50.2 Å². The average Bonchev–Trinajstić information content (AvgIpc) is 2.38. The maximum Gasteiger partial charge on any atom is 0.342 e. The zero-order chi connectivity index (χ0) is 15.1. The molecule has 21 heavy (non-hydrogen) atoms. The van der Waals surface area contributed by atoms with E-state index in [4.69, 9.17) is 5.11 Å². The number of hydrogen-bond acceptors (Lipinski definition) is 4. The van der Waals surface area contributed by atoms with Crippen molar-refractivity contribution in [3.63, 3.8) is 0 Å². The van der Waals surface area contributed by atoms with Crippen LogP contribution in [0.4, 0.5) is 0 Å². The molecule has 0 aliphatic carbocycles. The van der Waals surface area contributed by atoms with Gasteiger partial charge in [0, 0.05) is 24.3 Å². The number of H-pyrrole nitrogens is 1. The van der Waals surface area contributed by atoms with Crippen LogP contribution >= 0.6 is 0 Å². The molecule has 114 valence electrons. The third-order valence-corrected chi connectivity index (χ3v) is 4.91. The van der Waals surface area contributed by atoms with Crippen LogP contribution in [0.5, 0.6) is 0 Å². The second-order valence-electron chi connectivity index (χ2n) is 6.04. The molecule has 7 nitrogen and oxygen atoms in total.